The lowest BCUT2D eigenvalue weighted by atomic mass is 9.93. The second kappa shape index (κ2) is 9.12. The van der Waals surface area contributed by atoms with Gasteiger partial charge in [0.2, 0.25) is 0 Å². The maximum absolute atomic E-state index is 13.6. The van der Waals surface area contributed by atoms with Crippen LogP contribution in [0.5, 0.6) is 0 Å². The van der Waals surface area contributed by atoms with Gasteiger partial charge in [-0.05, 0) is 79.3 Å². The fourth-order valence-corrected chi connectivity index (χ4v) is 4.48. The normalized spacial score (nSPS) is 17.6. The maximum atomic E-state index is 13.6. The fraction of sp³-hybridized carbons (Fsp3) is 0.409. The average molecular weight is 493 g/mol. The number of nitrogens with zero attached hydrogens (tertiary/aromatic N) is 5. The van der Waals surface area contributed by atoms with Gasteiger partial charge in [-0.25, -0.2) is 14.1 Å². The Balaban J connectivity index is 1.70. The van der Waals surface area contributed by atoms with Crippen molar-refractivity contribution in [1.29, 1.82) is 0 Å². The van der Waals surface area contributed by atoms with Gasteiger partial charge in [-0.1, -0.05) is 11.6 Å². The summed E-state index contributed by atoms with van der Waals surface area (Å²) in [6.45, 7) is 6.69. The number of hydrogen-bond donors (Lipinski definition) is 0. The lowest BCUT2D eigenvalue weighted by Gasteiger charge is -2.35. The largest absolute Gasteiger partial charge is 0.301 e. The zero-order valence-electron chi connectivity index (χ0n) is 17.0. The molecule has 1 aromatic carbocycles. The van der Waals surface area contributed by atoms with E-state index in [1.54, 1.807) is 24.5 Å². The molecule has 1 fully saturated rings. The molecule has 3 heterocycles. The highest BCUT2D eigenvalue weighted by Gasteiger charge is 2.25. The summed E-state index contributed by atoms with van der Waals surface area (Å²) in [6, 6.07) is 7.08. The summed E-state index contributed by atoms with van der Waals surface area (Å²) in [7, 11) is 0. The molecule has 1 saturated heterocycles. The fourth-order valence-electron chi connectivity index (χ4n) is 3.95. The van der Waals surface area contributed by atoms with Crippen LogP contribution in [0.3, 0.4) is 0 Å². The van der Waals surface area contributed by atoms with Crippen molar-refractivity contribution in [3.8, 4) is 17.1 Å². The number of hydrogen-bond acceptors (Lipinski definition) is 4. The van der Waals surface area contributed by atoms with E-state index in [1.807, 2.05) is 10.7 Å². The molecule has 1 aliphatic heterocycles. The van der Waals surface area contributed by atoms with Crippen LogP contribution in [0.25, 0.3) is 17.1 Å². The lowest BCUT2D eigenvalue weighted by molar-refractivity contribution is 0.138. The van der Waals surface area contributed by atoms with E-state index in [9.17, 15) is 4.39 Å². The number of benzene rings is 1. The van der Waals surface area contributed by atoms with Crippen LogP contribution in [0.1, 0.15) is 32.5 Å². The second-order valence-corrected chi connectivity index (χ2v) is 9.38. The molecule has 3 aromatic rings. The Morgan fingerprint density at radius 2 is 2.10 bits per heavy atom. The molecule has 0 radical (unpaired) electrons. The summed E-state index contributed by atoms with van der Waals surface area (Å²) in [5, 5.41) is 4.80. The van der Waals surface area contributed by atoms with E-state index >= 15 is 0 Å². The molecule has 0 saturated carbocycles. The van der Waals surface area contributed by atoms with Crippen LogP contribution in [0.4, 0.5) is 4.39 Å². The molecule has 5 nitrogen and oxygen atoms in total. The summed E-state index contributed by atoms with van der Waals surface area (Å²) in [6.07, 6.45) is 6.69. The topological polar surface area (TPSA) is 46.8 Å². The minimum atomic E-state index is -0.452. The monoisotopic (exact) mass is 491 g/mol. The van der Waals surface area contributed by atoms with Gasteiger partial charge in [-0.2, -0.15) is 0 Å². The van der Waals surface area contributed by atoms with E-state index in [4.69, 9.17) is 21.7 Å². The Hall–Kier alpha value is -1.83. The van der Waals surface area contributed by atoms with Crippen molar-refractivity contribution in [2.45, 2.75) is 39.2 Å². The van der Waals surface area contributed by atoms with E-state index < -0.39 is 5.82 Å². The number of halogens is 3. The number of pyridine rings is 1. The molecular weight excluding hydrogens is 469 g/mol. The van der Waals surface area contributed by atoms with Crippen LogP contribution in [0.2, 0.25) is 5.02 Å². The van der Waals surface area contributed by atoms with Crippen LogP contribution in [-0.4, -0.2) is 43.8 Å². The van der Waals surface area contributed by atoms with Gasteiger partial charge >= 0.3 is 0 Å². The van der Waals surface area contributed by atoms with Gasteiger partial charge in [0, 0.05) is 35.2 Å². The van der Waals surface area contributed by atoms with Crippen molar-refractivity contribution >= 4 is 27.5 Å². The average Bonchev–Trinajstić information content (AvgIpc) is 3.14. The van der Waals surface area contributed by atoms with E-state index in [2.05, 4.69) is 39.7 Å². The Morgan fingerprint density at radius 1 is 1.27 bits per heavy atom. The van der Waals surface area contributed by atoms with Crippen LogP contribution >= 0.6 is 27.5 Å². The summed E-state index contributed by atoms with van der Waals surface area (Å²) in [5.74, 6) is 1.46. The summed E-state index contributed by atoms with van der Waals surface area (Å²) < 4.78 is 16.3. The zero-order chi connectivity index (χ0) is 21.3. The van der Waals surface area contributed by atoms with Crippen LogP contribution < -0.4 is 0 Å². The van der Waals surface area contributed by atoms with Crippen LogP contribution in [0.15, 0.2) is 41.1 Å². The standard InChI is InChI=1S/C22H24BrClFN5/c1-14(2)29-7-3-4-15(13-29)8-21-27-22(16-5-6-20(25)19(24)9-16)28-30(21)18-10-17(23)11-26-12-18/h5-6,9-12,14-15H,3-4,7-8,13H2,1-2H3. The van der Waals surface area contributed by atoms with Crippen molar-refractivity contribution < 1.29 is 4.39 Å². The van der Waals surface area contributed by atoms with E-state index in [0.29, 0.717) is 23.3 Å². The first kappa shape index (κ1) is 21.4. The van der Waals surface area contributed by atoms with Crippen molar-refractivity contribution in [3.05, 3.63) is 57.8 Å². The number of aromatic nitrogens is 4. The molecule has 1 aliphatic rings. The smallest absolute Gasteiger partial charge is 0.181 e. The van der Waals surface area contributed by atoms with Crippen molar-refractivity contribution in [1.82, 2.24) is 24.6 Å². The molecule has 2 aromatic heterocycles. The first-order valence-electron chi connectivity index (χ1n) is 10.2. The van der Waals surface area contributed by atoms with Crippen molar-refractivity contribution in [3.63, 3.8) is 0 Å². The van der Waals surface area contributed by atoms with Gasteiger partial charge in [0.1, 0.15) is 11.6 Å². The Morgan fingerprint density at radius 3 is 2.83 bits per heavy atom. The molecule has 0 N–H and O–H groups in total. The van der Waals surface area contributed by atoms with E-state index in [1.165, 1.54) is 18.9 Å². The highest BCUT2D eigenvalue weighted by atomic mass is 79.9. The van der Waals surface area contributed by atoms with Gasteiger partial charge < -0.3 is 4.90 Å². The Labute approximate surface area is 189 Å². The molecule has 1 atom stereocenters. The van der Waals surface area contributed by atoms with Gasteiger partial charge in [-0.15, -0.1) is 5.10 Å². The SMILES string of the molecule is CC(C)N1CCCC(Cc2nc(-c3ccc(F)c(Cl)c3)nn2-c2cncc(Br)c2)C1. The van der Waals surface area contributed by atoms with Crippen molar-refractivity contribution in [2.75, 3.05) is 13.1 Å². The summed E-state index contributed by atoms with van der Waals surface area (Å²) in [4.78, 5) is 11.6. The minimum Gasteiger partial charge on any atom is -0.301 e. The molecular formula is C22H24BrClFN5. The quantitative estimate of drug-likeness (QED) is 0.469. The molecule has 0 amide bonds. The van der Waals surface area contributed by atoms with Gasteiger partial charge in [0.15, 0.2) is 5.82 Å². The highest BCUT2D eigenvalue weighted by molar-refractivity contribution is 9.10. The maximum Gasteiger partial charge on any atom is 0.181 e. The molecule has 30 heavy (non-hydrogen) atoms. The third kappa shape index (κ3) is 4.74. The predicted molar refractivity (Wildman–Crippen MR) is 120 cm³/mol. The second-order valence-electron chi connectivity index (χ2n) is 8.05. The van der Waals surface area contributed by atoms with Crippen LogP contribution in [-0.2, 0) is 6.42 Å². The third-order valence-corrected chi connectivity index (χ3v) is 6.26. The van der Waals surface area contributed by atoms with Gasteiger partial charge in [0.25, 0.3) is 0 Å². The molecule has 0 aliphatic carbocycles. The molecule has 1 unspecified atom stereocenters. The Kier molecular flexibility index (Phi) is 6.51. The molecule has 0 bridgehead atoms. The van der Waals surface area contributed by atoms with Gasteiger partial charge in [0.05, 0.1) is 16.9 Å². The minimum absolute atomic E-state index is 0.0642. The molecule has 8 heteroatoms. The predicted octanol–water partition coefficient (Wildman–Crippen LogP) is 5.55. The number of likely N-dealkylation sites (tertiary alicyclic amines) is 1. The van der Waals surface area contributed by atoms with Gasteiger partial charge in [-0.3, -0.25) is 4.98 Å². The highest BCUT2D eigenvalue weighted by Crippen LogP contribution is 2.27. The number of piperidine rings is 1. The van der Waals surface area contributed by atoms with E-state index in [-0.39, 0.29) is 5.02 Å². The zero-order valence-corrected chi connectivity index (χ0v) is 19.4. The molecule has 158 valence electrons. The molecule has 4 rings (SSSR count). The first-order valence-corrected chi connectivity index (χ1v) is 11.3. The summed E-state index contributed by atoms with van der Waals surface area (Å²) >= 11 is 9.48. The van der Waals surface area contributed by atoms with Crippen molar-refractivity contribution in [2.24, 2.45) is 5.92 Å². The van der Waals surface area contributed by atoms with Crippen LogP contribution in [0, 0.1) is 11.7 Å². The Bertz CT molecular complexity index is 1040. The van der Waals surface area contributed by atoms with E-state index in [0.717, 1.165) is 35.5 Å². The first-order chi connectivity index (χ1) is 14.4. The number of rotatable bonds is 5. The third-order valence-electron chi connectivity index (χ3n) is 5.54. The summed E-state index contributed by atoms with van der Waals surface area (Å²) in [5.41, 5.74) is 1.53. The molecule has 0 spiro atoms. The lowest BCUT2D eigenvalue weighted by Crippen LogP contribution is -2.40.